The summed E-state index contributed by atoms with van der Waals surface area (Å²) in [5.41, 5.74) is 0.887. The molecule has 0 amide bonds. The summed E-state index contributed by atoms with van der Waals surface area (Å²) < 4.78 is 0. The maximum Gasteiger partial charge on any atom is 0.382 e. The van der Waals surface area contributed by atoms with Crippen LogP contribution < -0.4 is 5.46 Å². The number of rotatable bonds is 2. The summed E-state index contributed by atoms with van der Waals surface area (Å²) in [6, 6.07) is 1.85. The first-order valence-electron chi connectivity index (χ1n) is 2.09. The van der Waals surface area contributed by atoms with Gasteiger partial charge in [-0.05, 0) is 16.2 Å². The average molecular weight is 127 g/mol. The Morgan fingerprint density at radius 3 is 3.12 bits per heavy atom. The molecule has 1 radical (unpaired) electrons. The maximum atomic E-state index is 7.89. The second-order valence-electron chi connectivity index (χ2n) is 1.28. The molecule has 1 aromatic heterocycles. The molecule has 1 heterocycles. The minimum Gasteiger partial charge on any atom is -0.307 e. The summed E-state index contributed by atoms with van der Waals surface area (Å²) in [6.45, 7) is 0. The van der Waals surface area contributed by atoms with Gasteiger partial charge in [-0.3, -0.25) is 5.26 Å². The molecule has 1 N–H and O–H groups in total. The van der Waals surface area contributed by atoms with Gasteiger partial charge in [0.2, 0.25) is 0 Å². The van der Waals surface area contributed by atoms with Crippen molar-refractivity contribution in [2.24, 2.45) is 0 Å². The molecule has 0 bridgehead atoms. The normalized spacial score (nSPS) is 9.12. The molecule has 0 aliphatic carbocycles. The number of hydrogen-bond donors (Lipinski definition) is 1. The summed E-state index contributed by atoms with van der Waals surface area (Å²) >= 11 is 1.56. The highest BCUT2D eigenvalue weighted by atomic mass is 32.1. The molecule has 0 spiro atoms. The van der Waals surface area contributed by atoms with E-state index < -0.39 is 0 Å². The minimum absolute atomic E-state index is 0.887. The third-order valence-electron chi connectivity index (χ3n) is 0.732. The first kappa shape index (κ1) is 5.82. The van der Waals surface area contributed by atoms with Crippen molar-refractivity contribution in [1.29, 1.82) is 0 Å². The Hall–Kier alpha value is -0.315. The molecule has 1 aromatic rings. The zero-order chi connectivity index (χ0) is 5.82. The van der Waals surface area contributed by atoms with E-state index in [0.717, 1.165) is 5.46 Å². The van der Waals surface area contributed by atoms with E-state index in [1.807, 2.05) is 16.8 Å². The van der Waals surface area contributed by atoms with Crippen molar-refractivity contribution in [3.63, 3.8) is 0 Å². The minimum atomic E-state index is 0.887. The van der Waals surface area contributed by atoms with E-state index >= 15 is 0 Å². The van der Waals surface area contributed by atoms with Crippen molar-refractivity contribution in [2.75, 3.05) is 0 Å². The lowest BCUT2D eigenvalue weighted by Gasteiger charge is -1.83. The van der Waals surface area contributed by atoms with Gasteiger partial charge in [0.15, 0.2) is 0 Å². The fourth-order valence-corrected chi connectivity index (χ4v) is 1.01. The van der Waals surface area contributed by atoms with Gasteiger partial charge >= 0.3 is 7.48 Å². The van der Waals surface area contributed by atoms with Gasteiger partial charge in [-0.1, -0.05) is 6.07 Å². The molecule has 0 fully saturated rings. The molecule has 2 nitrogen and oxygen atoms in total. The van der Waals surface area contributed by atoms with Crippen LogP contribution in [0.5, 0.6) is 0 Å². The SMILES string of the molecule is OO[B]c1ccsc1. The number of thiophene rings is 1. The van der Waals surface area contributed by atoms with E-state index in [-0.39, 0.29) is 0 Å². The van der Waals surface area contributed by atoms with Crippen molar-refractivity contribution in [1.82, 2.24) is 0 Å². The topological polar surface area (TPSA) is 29.5 Å². The van der Waals surface area contributed by atoms with Crippen LogP contribution >= 0.6 is 11.3 Å². The lowest BCUT2D eigenvalue weighted by atomic mass is 9.92. The van der Waals surface area contributed by atoms with Crippen LogP contribution in [0.1, 0.15) is 0 Å². The van der Waals surface area contributed by atoms with Gasteiger partial charge in [0, 0.05) is 0 Å². The molecule has 0 atom stereocenters. The molecule has 0 unspecified atom stereocenters. The highest BCUT2D eigenvalue weighted by molar-refractivity contribution is 7.08. The van der Waals surface area contributed by atoms with Crippen LogP contribution in [-0.2, 0) is 4.81 Å². The lowest BCUT2D eigenvalue weighted by molar-refractivity contribution is -0.135. The van der Waals surface area contributed by atoms with Crippen LogP contribution in [0.25, 0.3) is 0 Å². The predicted molar refractivity (Wildman–Crippen MR) is 33.4 cm³/mol. The average Bonchev–Trinajstić information content (AvgIpc) is 2.19. The second-order valence-corrected chi connectivity index (χ2v) is 2.06. The Balaban J connectivity index is 2.50. The summed E-state index contributed by atoms with van der Waals surface area (Å²) in [4.78, 5) is 3.77. The zero-order valence-corrected chi connectivity index (χ0v) is 4.89. The smallest absolute Gasteiger partial charge is 0.307 e. The Morgan fingerprint density at radius 2 is 2.62 bits per heavy atom. The van der Waals surface area contributed by atoms with E-state index in [1.54, 1.807) is 11.3 Å². The first-order valence-corrected chi connectivity index (χ1v) is 3.03. The molecule has 1 rings (SSSR count). The van der Waals surface area contributed by atoms with Gasteiger partial charge in [0.1, 0.15) is 0 Å². The van der Waals surface area contributed by atoms with E-state index in [9.17, 15) is 0 Å². The highest BCUT2D eigenvalue weighted by Crippen LogP contribution is 1.90. The van der Waals surface area contributed by atoms with Crippen molar-refractivity contribution in [3.8, 4) is 0 Å². The molecule has 0 aromatic carbocycles. The van der Waals surface area contributed by atoms with Crippen molar-refractivity contribution in [2.45, 2.75) is 0 Å². The van der Waals surface area contributed by atoms with E-state index in [4.69, 9.17) is 5.26 Å². The fourth-order valence-electron chi connectivity index (χ4n) is 0.403. The van der Waals surface area contributed by atoms with Crippen LogP contribution in [0.2, 0.25) is 0 Å². The molecule has 0 aliphatic heterocycles. The summed E-state index contributed by atoms with van der Waals surface area (Å²) in [6.07, 6.45) is 0. The van der Waals surface area contributed by atoms with Crippen LogP contribution in [0.3, 0.4) is 0 Å². The predicted octanol–water partition coefficient (Wildman–Crippen LogP) is 0.482. The molecule has 0 aliphatic rings. The molecule has 41 valence electrons. The van der Waals surface area contributed by atoms with Crippen LogP contribution in [0, 0.1) is 0 Å². The first-order chi connectivity index (χ1) is 3.93. The molecular weight excluding hydrogens is 123 g/mol. The molecular formula is C4H4BO2S. The van der Waals surface area contributed by atoms with Gasteiger partial charge in [-0.2, -0.15) is 11.3 Å². The third kappa shape index (κ3) is 1.33. The van der Waals surface area contributed by atoms with Gasteiger partial charge in [-0.25, -0.2) is 0 Å². The van der Waals surface area contributed by atoms with Crippen molar-refractivity contribution in [3.05, 3.63) is 16.8 Å². The Labute approximate surface area is 51.9 Å². The van der Waals surface area contributed by atoms with Crippen molar-refractivity contribution < 1.29 is 10.1 Å². The van der Waals surface area contributed by atoms with E-state index in [2.05, 4.69) is 4.81 Å². The van der Waals surface area contributed by atoms with Crippen molar-refractivity contribution >= 4 is 24.3 Å². The molecule has 8 heavy (non-hydrogen) atoms. The summed E-state index contributed by atoms with van der Waals surface area (Å²) in [5, 5.41) is 11.7. The molecule has 0 saturated carbocycles. The standard InChI is InChI=1S/C4H4BO2S/c6-7-5-4-1-2-8-3-4/h1-3,6H. The van der Waals surface area contributed by atoms with Crippen LogP contribution in [0.4, 0.5) is 0 Å². The lowest BCUT2D eigenvalue weighted by Crippen LogP contribution is -2.12. The van der Waals surface area contributed by atoms with Gasteiger partial charge < -0.3 is 4.81 Å². The highest BCUT2D eigenvalue weighted by Gasteiger charge is 1.93. The van der Waals surface area contributed by atoms with Gasteiger partial charge in [0.25, 0.3) is 0 Å². The molecule has 0 saturated heterocycles. The monoisotopic (exact) mass is 127 g/mol. The van der Waals surface area contributed by atoms with E-state index in [1.165, 1.54) is 7.48 Å². The summed E-state index contributed by atoms with van der Waals surface area (Å²) in [7, 11) is 1.27. The van der Waals surface area contributed by atoms with E-state index in [0.29, 0.717) is 0 Å². The largest absolute Gasteiger partial charge is 0.382 e. The maximum absolute atomic E-state index is 7.89. The summed E-state index contributed by atoms with van der Waals surface area (Å²) in [5.74, 6) is 0. The van der Waals surface area contributed by atoms with Gasteiger partial charge in [-0.15, -0.1) is 0 Å². The van der Waals surface area contributed by atoms with Crippen LogP contribution in [-0.4, -0.2) is 12.7 Å². The third-order valence-corrected chi connectivity index (χ3v) is 1.43. The fraction of sp³-hybridized carbons (Fsp3) is 0. The van der Waals surface area contributed by atoms with Gasteiger partial charge in [0.05, 0.1) is 0 Å². The quantitative estimate of drug-likeness (QED) is 0.355. The Kier molecular flexibility index (Phi) is 2.08. The number of hydrogen-bond acceptors (Lipinski definition) is 3. The zero-order valence-electron chi connectivity index (χ0n) is 4.07. The molecule has 4 heteroatoms. The second kappa shape index (κ2) is 2.86. The Morgan fingerprint density at radius 1 is 1.75 bits per heavy atom. The van der Waals surface area contributed by atoms with Crippen LogP contribution in [0.15, 0.2) is 16.8 Å². The Bertz CT molecular complexity index is 140.